The molecule has 3 aliphatic carbocycles. The van der Waals surface area contributed by atoms with Crippen LogP contribution in [0.5, 0.6) is 0 Å². The lowest BCUT2D eigenvalue weighted by Gasteiger charge is -2.11. The van der Waals surface area contributed by atoms with Crippen molar-refractivity contribution in [3.63, 3.8) is 0 Å². The van der Waals surface area contributed by atoms with Gasteiger partial charge in [-0.15, -0.1) is 0 Å². The van der Waals surface area contributed by atoms with Gasteiger partial charge in [0, 0.05) is 5.92 Å². The molecule has 4 atom stereocenters. The number of carboxylic acid groups (broad SMARTS) is 1. The number of anilines is 1. The first kappa shape index (κ1) is 12.8. The van der Waals surface area contributed by atoms with Crippen molar-refractivity contribution < 1.29 is 19.1 Å². The lowest BCUT2D eigenvalue weighted by Crippen LogP contribution is -2.20. The lowest BCUT2D eigenvalue weighted by atomic mass is 10.0. The highest BCUT2D eigenvalue weighted by Crippen LogP contribution is 2.69. The molecule has 4 nitrogen and oxygen atoms in total. The molecule has 5 heteroatoms. The Morgan fingerprint density at radius 2 is 1.86 bits per heavy atom. The number of carbonyl (C=O) groups excluding carboxylic acids is 1. The molecule has 4 rings (SSSR count). The van der Waals surface area contributed by atoms with E-state index in [4.69, 9.17) is 5.11 Å². The van der Waals surface area contributed by atoms with Crippen LogP contribution in [0.1, 0.15) is 29.6 Å². The molecular weight excluding hydrogens is 273 g/mol. The molecule has 21 heavy (non-hydrogen) atoms. The molecule has 1 aromatic rings. The Hall–Kier alpha value is -1.91. The van der Waals surface area contributed by atoms with Crippen molar-refractivity contribution in [1.29, 1.82) is 0 Å². The van der Waals surface area contributed by atoms with E-state index in [-0.39, 0.29) is 23.1 Å². The summed E-state index contributed by atoms with van der Waals surface area (Å²) in [5.74, 6) is 0.437. The van der Waals surface area contributed by atoms with E-state index in [1.807, 2.05) is 0 Å². The second-order valence-corrected chi connectivity index (χ2v) is 6.50. The van der Waals surface area contributed by atoms with Crippen LogP contribution in [0.3, 0.4) is 0 Å². The molecular formula is C16H16FNO3. The van der Waals surface area contributed by atoms with E-state index in [1.54, 1.807) is 0 Å². The van der Waals surface area contributed by atoms with Gasteiger partial charge in [-0.2, -0.15) is 0 Å². The standard InChI is InChI=1S/C16H16FNO3/c17-9-3-4-11(10(6-9)16(20)21)18-15(19)14-12-7-1-2-8(5-7)13(12)14/h3-4,6-8,12-14H,1-2,5H2,(H,18,19)(H,20,21). The van der Waals surface area contributed by atoms with Crippen molar-refractivity contribution in [2.24, 2.45) is 29.6 Å². The molecule has 2 N–H and O–H groups in total. The van der Waals surface area contributed by atoms with E-state index in [1.165, 1.54) is 31.4 Å². The molecule has 0 aromatic heterocycles. The van der Waals surface area contributed by atoms with Gasteiger partial charge in [-0.1, -0.05) is 0 Å². The molecule has 110 valence electrons. The van der Waals surface area contributed by atoms with E-state index < -0.39 is 11.8 Å². The van der Waals surface area contributed by atoms with Crippen LogP contribution >= 0.6 is 0 Å². The summed E-state index contributed by atoms with van der Waals surface area (Å²) in [6.07, 6.45) is 3.72. The van der Waals surface area contributed by atoms with E-state index >= 15 is 0 Å². The number of fused-ring (bicyclic) bond motifs is 5. The fourth-order valence-electron chi connectivity index (χ4n) is 4.69. The van der Waals surface area contributed by atoms with Gasteiger partial charge in [-0.05, 0) is 61.1 Å². The summed E-state index contributed by atoms with van der Waals surface area (Å²) in [6.45, 7) is 0. The van der Waals surface area contributed by atoms with E-state index in [2.05, 4.69) is 5.32 Å². The number of rotatable bonds is 3. The molecule has 1 amide bonds. The van der Waals surface area contributed by atoms with Gasteiger partial charge in [-0.3, -0.25) is 4.79 Å². The van der Waals surface area contributed by atoms with Gasteiger partial charge < -0.3 is 10.4 Å². The summed E-state index contributed by atoms with van der Waals surface area (Å²) in [5.41, 5.74) is -0.0108. The fourth-order valence-corrected chi connectivity index (χ4v) is 4.69. The molecule has 0 spiro atoms. The summed E-state index contributed by atoms with van der Waals surface area (Å²) >= 11 is 0. The molecule has 0 aliphatic heterocycles. The van der Waals surface area contributed by atoms with Gasteiger partial charge >= 0.3 is 5.97 Å². The van der Waals surface area contributed by atoms with E-state index in [9.17, 15) is 14.0 Å². The van der Waals surface area contributed by atoms with Crippen LogP contribution in [0.2, 0.25) is 0 Å². The highest BCUT2D eigenvalue weighted by Gasteiger charge is 2.67. The van der Waals surface area contributed by atoms with E-state index in [0.717, 1.165) is 6.07 Å². The SMILES string of the molecule is O=C(O)c1cc(F)ccc1NC(=O)C1C2C3CCC(C3)C12. The number of hydrogen-bond acceptors (Lipinski definition) is 2. The van der Waals surface area contributed by atoms with Crippen LogP contribution in [0.15, 0.2) is 18.2 Å². The number of halogens is 1. The average molecular weight is 289 g/mol. The molecule has 2 bridgehead atoms. The van der Waals surface area contributed by atoms with Gasteiger partial charge in [0.25, 0.3) is 0 Å². The minimum Gasteiger partial charge on any atom is -0.478 e. The number of amides is 1. The number of benzene rings is 1. The molecule has 3 saturated carbocycles. The van der Waals surface area contributed by atoms with Crippen LogP contribution < -0.4 is 5.32 Å². The highest BCUT2D eigenvalue weighted by atomic mass is 19.1. The predicted octanol–water partition coefficient (Wildman–Crippen LogP) is 2.75. The van der Waals surface area contributed by atoms with Gasteiger partial charge in [-0.25, -0.2) is 9.18 Å². The van der Waals surface area contributed by atoms with Crippen molar-refractivity contribution in [2.75, 3.05) is 5.32 Å². The summed E-state index contributed by atoms with van der Waals surface area (Å²) < 4.78 is 13.1. The number of carbonyl (C=O) groups is 2. The van der Waals surface area contributed by atoms with Crippen molar-refractivity contribution in [3.05, 3.63) is 29.6 Å². The summed E-state index contributed by atoms with van der Waals surface area (Å²) in [6, 6.07) is 3.43. The Kier molecular flexibility index (Phi) is 2.62. The molecule has 3 fully saturated rings. The Morgan fingerprint density at radius 1 is 1.19 bits per heavy atom. The Bertz CT molecular complexity index is 628. The maximum Gasteiger partial charge on any atom is 0.337 e. The first-order chi connectivity index (χ1) is 10.1. The van der Waals surface area contributed by atoms with Crippen LogP contribution in [0.25, 0.3) is 0 Å². The van der Waals surface area contributed by atoms with Crippen LogP contribution in [-0.2, 0) is 4.79 Å². The third-order valence-corrected chi connectivity index (χ3v) is 5.51. The fraction of sp³-hybridized carbons (Fsp3) is 0.500. The van der Waals surface area contributed by atoms with Crippen LogP contribution in [-0.4, -0.2) is 17.0 Å². The maximum absolute atomic E-state index is 13.1. The molecule has 0 radical (unpaired) electrons. The predicted molar refractivity (Wildman–Crippen MR) is 73.3 cm³/mol. The van der Waals surface area contributed by atoms with Crippen molar-refractivity contribution in [3.8, 4) is 0 Å². The molecule has 3 aliphatic rings. The topological polar surface area (TPSA) is 66.4 Å². The minimum atomic E-state index is -1.24. The summed E-state index contributed by atoms with van der Waals surface area (Å²) in [5, 5.41) is 11.8. The monoisotopic (exact) mass is 289 g/mol. The normalized spacial score (nSPS) is 35.4. The minimum absolute atomic E-state index is 0.0305. The zero-order valence-electron chi connectivity index (χ0n) is 11.4. The molecule has 0 saturated heterocycles. The first-order valence-electron chi connectivity index (χ1n) is 7.40. The van der Waals surface area contributed by atoms with Crippen molar-refractivity contribution >= 4 is 17.6 Å². The smallest absolute Gasteiger partial charge is 0.337 e. The Labute approximate surface area is 121 Å². The third-order valence-electron chi connectivity index (χ3n) is 5.51. The molecule has 4 unspecified atom stereocenters. The number of hydrogen-bond donors (Lipinski definition) is 2. The first-order valence-corrected chi connectivity index (χ1v) is 7.40. The number of carboxylic acids is 1. The third kappa shape index (κ3) is 1.87. The molecule has 0 heterocycles. The highest BCUT2D eigenvalue weighted by molar-refractivity contribution is 6.02. The second kappa shape index (κ2) is 4.29. The quantitative estimate of drug-likeness (QED) is 0.899. The summed E-state index contributed by atoms with van der Waals surface area (Å²) in [7, 11) is 0. The van der Waals surface area contributed by atoms with Gasteiger partial charge in [0.1, 0.15) is 5.82 Å². The summed E-state index contributed by atoms with van der Waals surface area (Å²) in [4.78, 5) is 23.5. The Morgan fingerprint density at radius 3 is 2.48 bits per heavy atom. The van der Waals surface area contributed by atoms with Crippen LogP contribution in [0, 0.1) is 35.4 Å². The average Bonchev–Trinajstić information content (AvgIpc) is 2.89. The van der Waals surface area contributed by atoms with Crippen molar-refractivity contribution in [1.82, 2.24) is 0 Å². The zero-order chi connectivity index (χ0) is 14.7. The van der Waals surface area contributed by atoms with Crippen LogP contribution in [0.4, 0.5) is 10.1 Å². The Balaban J connectivity index is 1.52. The second-order valence-electron chi connectivity index (χ2n) is 6.50. The van der Waals surface area contributed by atoms with Gasteiger partial charge in [0.05, 0.1) is 11.3 Å². The lowest BCUT2D eigenvalue weighted by molar-refractivity contribution is -0.118. The number of aromatic carboxylic acids is 1. The van der Waals surface area contributed by atoms with Gasteiger partial charge in [0.15, 0.2) is 0 Å². The molecule has 1 aromatic carbocycles. The number of nitrogens with one attached hydrogen (secondary N) is 1. The van der Waals surface area contributed by atoms with E-state index in [0.29, 0.717) is 23.7 Å². The van der Waals surface area contributed by atoms with Crippen molar-refractivity contribution in [2.45, 2.75) is 19.3 Å². The largest absolute Gasteiger partial charge is 0.478 e. The van der Waals surface area contributed by atoms with Gasteiger partial charge in [0.2, 0.25) is 5.91 Å². The zero-order valence-corrected chi connectivity index (χ0v) is 11.4. The maximum atomic E-state index is 13.1.